The van der Waals surface area contributed by atoms with Crippen LogP contribution in [0.5, 0.6) is 5.88 Å². The third-order valence-corrected chi connectivity index (χ3v) is 6.50. The van der Waals surface area contributed by atoms with Gasteiger partial charge in [-0.25, -0.2) is 4.98 Å². The number of methoxy groups -OCH3 is 1. The highest BCUT2D eigenvalue weighted by atomic mass is 16.5. The topological polar surface area (TPSA) is 115 Å². The summed E-state index contributed by atoms with van der Waals surface area (Å²) in [5.74, 6) is -1.15. The molecule has 29 heavy (non-hydrogen) atoms. The maximum Gasteiger partial charge on any atom is 0.313 e. The van der Waals surface area contributed by atoms with Crippen molar-refractivity contribution >= 4 is 23.4 Å². The molecule has 158 valence electrons. The Labute approximate surface area is 171 Å². The van der Waals surface area contributed by atoms with Gasteiger partial charge in [0.25, 0.3) is 5.91 Å². The summed E-state index contributed by atoms with van der Waals surface area (Å²) in [4.78, 5) is 43.3. The zero-order valence-corrected chi connectivity index (χ0v) is 17.4. The lowest BCUT2D eigenvalue weighted by atomic mass is 9.74. The molecule has 0 aromatic carbocycles. The number of nitrogens with one attached hydrogen (secondary N) is 1. The first-order valence-corrected chi connectivity index (χ1v) is 10.2. The molecule has 0 spiro atoms. The average Bonchev–Trinajstić information content (AvgIpc) is 3.25. The lowest BCUT2D eigenvalue weighted by Gasteiger charge is -2.50. The van der Waals surface area contributed by atoms with Gasteiger partial charge >= 0.3 is 11.8 Å². The van der Waals surface area contributed by atoms with Crippen LogP contribution in [0.15, 0.2) is 12.3 Å². The number of anilines is 1. The standard InChI is InChI=1S/C21H30N4O4/c1-13-8-9-21(2,14-6-4-5-7-14)25(12-13)20(28)18(27)24-15-10-16(17(22)26)19(29-3)23-11-15/h10-11,13-14H,4-9,12H2,1-3H3,(H2,22,26)(H,24,27)/t13-,21-/m0/s1. The van der Waals surface area contributed by atoms with Gasteiger partial charge in [-0.1, -0.05) is 19.8 Å². The molecule has 1 saturated heterocycles. The molecule has 1 aromatic heterocycles. The van der Waals surface area contributed by atoms with Crippen molar-refractivity contribution in [2.75, 3.05) is 19.0 Å². The summed E-state index contributed by atoms with van der Waals surface area (Å²) in [6.07, 6.45) is 7.86. The van der Waals surface area contributed by atoms with E-state index in [0.717, 1.165) is 25.7 Å². The molecular formula is C21H30N4O4. The maximum absolute atomic E-state index is 13.1. The first-order chi connectivity index (χ1) is 13.8. The number of likely N-dealkylation sites (tertiary alicyclic amines) is 1. The molecule has 2 fully saturated rings. The molecule has 1 aliphatic carbocycles. The molecule has 8 nitrogen and oxygen atoms in total. The number of aromatic nitrogens is 1. The van der Waals surface area contributed by atoms with Crippen molar-refractivity contribution in [1.82, 2.24) is 9.88 Å². The van der Waals surface area contributed by atoms with E-state index in [9.17, 15) is 14.4 Å². The summed E-state index contributed by atoms with van der Waals surface area (Å²) < 4.78 is 5.01. The molecule has 0 bridgehead atoms. The Morgan fingerprint density at radius 3 is 2.59 bits per heavy atom. The van der Waals surface area contributed by atoms with E-state index in [2.05, 4.69) is 24.1 Å². The molecule has 0 radical (unpaired) electrons. The first-order valence-electron chi connectivity index (χ1n) is 10.2. The Balaban J connectivity index is 1.80. The van der Waals surface area contributed by atoms with Gasteiger partial charge in [0.15, 0.2) is 0 Å². The third kappa shape index (κ3) is 4.21. The SMILES string of the molecule is COc1ncc(NC(=O)C(=O)N2C[C@@H](C)CC[C@@]2(C)C2CCCC2)cc1C(N)=O. The van der Waals surface area contributed by atoms with Crippen molar-refractivity contribution in [3.8, 4) is 5.88 Å². The second-order valence-electron chi connectivity index (χ2n) is 8.50. The normalized spacial score (nSPS) is 24.9. The average molecular weight is 402 g/mol. The Morgan fingerprint density at radius 1 is 1.28 bits per heavy atom. The number of pyridine rings is 1. The van der Waals surface area contributed by atoms with Crippen LogP contribution in [-0.2, 0) is 9.59 Å². The van der Waals surface area contributed by atoms with Gasteiger partial charge in [0.05, 0.1) is 19.0 Å². The lowest BCUT2D eigenvalue weighted by Crippen LogP contribution is -2.60. The fraction of sp³-hybridized carbons (Fsp3) is 0.619. The molecular weight excluding hydrogens is 372 g/mol. The van der Waals surface area contributed by atoms with Gasteiger partial charge in [-0.3, -0.25) is 14.4 Å². The number of hydrogen-bond acceptors (Lipinski definition) is 5. The van der Waals surface area contributed by atoms with Crippen LogP contribution >= 0.6 is 0 Å². The largest absolute Gasteiger partial charge is 0.480 e. The Kier molecular flexibility index (Phi) is 6.10. The minimum atomic E-state index is -0.731. The van der Waals surface area contributed by atoms with Gasteiger partial charge in [-0.2, -0.15) is 0 Å². The quantitative estimate of drug-likeness (QED) is 0.750. The van der Waals surface area contributed by atoms with Crippen LogP contribution in [0.4, 0.5) is 5.69 Å². The highest BCUT2D eigenvalue weighted by Crippen LogP contribution is 2.44. The van der Waals surface area contributed by atoms with Crippen molar-refractivity contribution < 1.29 is 19.1 Å². The summed E-state index contributed by atoms with van der Waals surface area (Å²) in [5, 5.41) is 2.57. The summed E-state index contributed by atoms with van der Waals surface area (Å²) in [6.45, 7) is 4.81. The van der Waals surface area contributed by atoms with Crippen LogP contribution < -0.4 is 15.8 Å². The van der Waals surface area contributed by atoms with Gasteiger partial charge in [0.1, 0.15) is 5.56 Å². The molecule has 8 heteroatoms. The van der Waals surface area contributed by atoms with Crippen molar-refractivity contribution in [2.24, 2.45) is 17.6 Å². The van der Waals surface area contributed by atoms with Gasteiger partial charge in [-0.05, 0) is 50.5 Å². The number of amides is 3. The number of hydrogen-bond donors (Lipinski definition) is 2. The highest BCUT2D eigenvalue weighted by molar-refractivity contribution is 6.39. The lowest BCUT2D eigenvalue weighted by molar-refractivity contribution is -0.152. The van der Waals surface area contributed by atoms with Crippen molar-refractivity contribution in [2.45, 2.75) is 57.9 Å². The second-order valence-corrected chi connectivity index (χ2v) is 8.50. The van der Waals surface area contributed by atoms with E-state index in [1.54, 1.807) is 4.90 Å². The number of carbonyl (C=O) groups is 3. The predicted octanol–water partition coefficient (Wildman–Crippen LogP) is 2.33. The van der Waals surface area contributed by atoms with E-state index in [0.29, 0.717) is 18.4 Å². The number of carbonyl (C=O) groups excluding carboxylic acids is 3. The fourth-order valence-corrected chi connectivity index (χ4v) is 4.74. The Morgan fingerprint density at radius 2 is 1.97 bits per heavy atom. The molecule has 1 aliphatic heterocycles. The van der Waals surface area contributed by atoms with Crippen LogP contribution in [0.25, 0.3) is 0 Å². The first kappa shape index (κ1) is 21.1. The molecule has 3 N–H and O–H groups in total. The molecule has 1 saturated carbocycles. The Bertz CT molecular complexity index is 806. The van der Waals surface area contributed by atoms with Gasteiger partial charge in [0, 0.05) is 12.1 Å². The highest BCUT2D eigenvalue weighted by Gasteiger charge is 2.47. The van der Waals surface area contributed by atoms with Crippen LogP contribution in [0, 0.1) is 11.8 Å². The minimum Gasteiger partial charge on any atom is -0.480 e. The van der Waals surface area contributed by atoms with Crippen molar-refractivity contribution in [3.05, 3.63) is 17.8 Å². The monoisotopic (exact) mass is 402 g/mol. The summed E-state index contributed by atoms with van der Waals surface area (Å²) in [6, 6.07) is 1.37. The van der Waals surface area contributed by atoms with Crippen LogP contribution in [-0.4, -0.2) is 46.8 Å². The van der Waals surface area contributed by atoms with E-state index in [-0.39, 0.29) is 22.7 Å². The maximum atomic E-state index is 13.1. The van der Waals surface area contributed by atoms with Crippen molar-refractivity contribution in [3.63, 3.8) is 0 Å². The number of rotatable bonds is 4. The van der Waals surface area contributed by atoms with E-state index >= 15 is 0 Å². The summed E-state index contributed by atoms with van der Waals surface area (Å²) >= 11 is 0. The fourth-order valence-electron chi connectivity index (χ4n) is 4.74. The van der Waals surface area contributed by atoms with Gasteiger partial charge in [0.2, 0.25) is 5.88 Å². The molecule has 1 aromatic rings. The number of nitrogens with two attached hydrogens (primary N) is 1. The molecule has 2 atom stereocenters. The molecule has 3 amide bonds. The minimum absolute atomic E-state index is 0.0418. The van der Waals surface area contributed by atoms with Gasteiger partial charge in [-0.15, -0.1) is 0 Å². The third-order valence-electron chi connectivity index (χ3n) is 6.50. The molecule has 2 heterocycles. The van der Waals surface area contributed by atoms with Gasteiger partial charge < -0.3 is 20.7 Å². The van der Waals surface area contributed by atoms with E-state index in [1.807, 2.05) is 0 Å². The number of piperidine rings is 1. The number of ether oxygens (including phenoxy) is 1. The van der Waals surface area contributed by atoms with Crippen LogP contribution in [0.3, 0.4) is 0 Å². The number of nitrogens with zero attached hydrogens (tertiary/aromatic N) is 2. The summed E-state index contributed by atoms with van der Waals surface area (Å²) in [7, 11) is 1.37. The van der Waals surface area contributed by atoms with Crippen LogP contribution in [0.1, 0.15) is 62.7 Å². The zero-order chi connectivity index (χ0) is 21.2. The predicted molar refractivity (Wildman–Crippen MR) is 108 cm³/mol. The molecule has 0 unspecified atom stereocenters. The van der Waals surface area contributed by atoms with Crippen LogP contribution in [0.2, 0.25) is 0 Å². The van der Waals surface area contributed by atoms with E-state index in [4.69, 9.17) is 10.5 Å². The second kappa shape index (κ2) is 8.39. The van der Waals surface area contributed by atoms with Crippen molar-refractivity contribution in [1.29, 1.82) is 0 Å². The van der Waals surface area contributed by atoms with E-state index < -0.39 is 17.7 Å². The zero-order valence-electron chi connectivity index (χ0n) is 17.4. The Hall–Kier alpha value is -2.64. The van der Waals surface area contributed by atoms with E-state index in [1.165, 1.54) is 32.2 Å². The summed E-state index contributed by atoms with van der Waals surface area (Å²) in [5.41, 5.74) is 5.31. The molecule has 2 aliphatic rings. The molecule has 3 rings (SSSR count). The number of primary amides is 1. The smallest absolute Gasteiger partial charge is 0.313 e.